The normalized spacial score (nSPS) is 15.1. The number of nitrogens with zero attached hydrogens (tertiary/aromatic N) is 4. The predicted octanol–water partition coefficient (Wildman–Crippen LogP) is 4.20. The molecular formula is C24H24ClN7OS. The fraction of sp³-hybridized carbons (Fsp3) is 0.250. The largest absolute Gasteiger partial charge is 0.327 e. The van der Waals surface area contributed by atoms with Gasteiger partial charge in [-0.1, -0.05) is 23.7 Å². The van der Waals surface area contributed by atoms with Gasteiger partial charge in [0.2, 0.25) is 5.91 Å². The number of benzene rings is 1. The predicted molar refractivity (Wildman–Crippen MR) is 135 cm³/mol. The minimum Gasteiger partial charge on any atom is -0.327 e. The first kappa shape index (κ1) is 22.7. The Balaban J connectivity index is 1.59. The standard InChI is InChI=1S/C24H24ClN7OS/c1-14(33)29-21-9-16(7-8-26-21)20-10-19(23(34-20)24-27-13-28-31-24)22(30-18-11-32(2)12-18)15-3-5-17(25)6-4-15/h3-10,13,18,22,30H,11-12H2,1-2H3,(H,26,29,33)(H,27,28,31). The molecule has 10 heteroatoms. The van der Waals surface area contributed by atoms with Crippen molar-refractivity contribution in [3.63, 3.8) is 0 Å². The first-order valence-corrected chi connectivity index (χ1v) is 12.1. The van der Waals surface area contributed by atoms with Gasteiger partial charge in [0.05, 0.1) is 10.9 Å². The summed E-state index contributed by atoms with van der Waals surface area (Å²) >= 11 is 7.82. The van der Waals surface area contributed by atoms with Crippen LogP contribution in [0, 0.1) is 0 Å². The monoisotopic (exact) mass is 493 g/mol. The third-order valence-corrected chi connectivity index (χ3v) is 7.18. The Morgan fingerprint density at radius 2 is 2.03 bits per heavy atom. The highest BCUT2D eigenvalue weighted by Crippen LogP contribution is 2.42. The molecule has 0 radical (unpaired) electrons. The number of pyridine rings is 1. The molecule has 1 aliphatic heterocycles. The summed E-state index contributed by atoms with van der Waals surface area (Å²) in [6.45, 7) is 3.45. The lowest BCUT2D eigenvalue weighted by molar-refractivity contribution is -0.114. The Kier molecular flexibility index (Phi) is 6.42. The molecule has 1 amide bonds. The summed E-state index contributed by atoms with van der Waals surface area (Å²) in [6, 6.07) is 14.3. The number of likely N-dealkylation sites (tertiary alicyclic amines) is 1. The zero-order chi connectivity index (χ0) is 23.7. The van der Waals surface area contributed by atoms with E-state index in [2.05, 4.69) is 60.9 Å². The summed E-state index contributed by atoms with van der Waals surface area (Å²) in [4.78, 5) is 23.3. The van der Waals surface area contributed by atoms with Crippen LogP contribution in [0.1, 0.15) is 24.1 Å². The van der Waals surface area contributed by atoms with E-state index < -0.39 is 0 Å². The van der Waals surface area contributed by atoms with E-state index in [9.17, 15) is 4.79 Å². The molecule has 0 spiro atoms. The van der Waals surface area contributed by atoms with Gasteiger partial charge in [0.25, 0.3) is 0 Å². The van der Waals surface area contributed by atoms with Crippen LogP contribution in [-0.4, -0.2) is 57.2 Å². The molecule has 34 heavy (non-hydrogen) atoms. The Morgan fingerprint density at radius 1 is 1.24 bits per heavy atom. The summed E-state index contributed by atoms with van der Waals surface area (Å²) in [7, 11) is 2.12. The topological polar surface area (TPSA) is 98.8 Å². The zero-order valence-electron chi connectivity index (χ0n) is 18.7. The third kappa shape index (κ3) is 4.88. The van der Waals surface area contributed by atoms with Crippen LogP contribution >= 0.6 is 22.9 Å². The molecule has 5 rings (SSSR count). The molecule has 1 aliphatic rings. The molecule has 174 valence electrons. The van der Waals surface area contributed by atoms with Crippen molar-refractivity contribution in [3.8, 4) is 21.1 Å². The van der Waals surface area contributed by atoms with Crippen LogP contribution in [0.2, 0.25) is 5.02 Å². The molecule has 1 unspecified atom stereocenters. The van der Waals surface area contributed by atoms with Gasteiger partial charge in [-0.05, 0) is 54.1 Å². The van der Waals surface area contributed by atoms with Crippen molar-refractivity contribution in [2.24, 2.45) is 0 Å². The third-order valence-electron chi connectivity index (χ3n) is 5.72. The van der Waals surface area contributed by atoms with Crippen LogP contribution in [0.15, 0.2) is 55.0 Å². The van der Waals surface area contributed by atoms with E-state index in [1.807, 2.05) is 24.3 Å². The number of likely N-dealkylation sites (N-methyl/N-ethyl adjacent to an activating group) is 1. The molecule has 8 nitrogen and oxygen atoms in total. The number of nitrogens with one attached hydrogen (secondary N) is 3. The van der Waals surface area contributed by atoms with Gasteiger partial charge in [-0.3, -0.25) is 4.79 Å². The van der Waals surface area contributed by atoms with E-state index in [1.54, 1.807) is 23.9 Å². The van der Waals surface area contributed by atoms with Gasteiger partial charge in [0, 0.05) is 42.2 Å². The Labute approximate surface area is 206 Å². The smallest absolute Gasteiger partial charge is 0.222 e. The first-order chi connectivity index (χ1) is 16.5. The molecule has 1 aromatic carbocycles. The molecule has 1 atom stereocenters. The van der Waals surface area contributed by atoms with Gasteiger partial charge >= 0.3 is 0 Å². The summed E-state index contributed by atoms with van der Waals surface area (Å²) in [5.41, 5.74) is 3.19. The number of aromatic nitrogens is 4. The number of hydrogen-bond acceptors (Lipinski definition) is 7. The summed E-state index contributed by atoms with van der Waals surface area (Å²) < 4.78 is 0. The number of thiophene rings is 1. The molecule has 0 bridgehead atoms. The molecule has 1 saturated heterocycles. The SMILES string of the molecule is CC(=O)Nc1cc(-c2cc(C(NC3CN(C)C3)c3ccc(Cl)cc3)c(-c3nnc[nH]3)s2)ccn1. The van der Waals surface area contributed by atoms with Crippen LogP contribution in [0.25, 0.3) is 21.1 Å². The number of hydrogen-bond donors (Lipinski definition) is 3. The summed E-state index contributed by atoms with van der Waals surface area (Å²) in [5, 5.41) is 15.6. The van der Waals surface area contributed by atoms with E-state index in [0.717, 1.165) is 39.5 Å². The molecular weight excluding hydrogens is 470 g/mol. The lowest BCUT2D eigenvalue weighted by atomic mass is 9.96. The van der Waals surface area contributed by atoms with E-state index in [0.29, 0.717) is 22.7 Å². The highest BCUT2D eigenvalue weighted by Gasteiger charge is 2.30. The molecule has 3 N–H and O–H groups in total. The number of amides is 1. The maximum Gasteiger partial charge on any atom is 0.222 e. The number of carbonyl (C=O) groups excluding carboxylic acids is 1. The molecule has 4 aromatic rings. The highest BCUT2D eigenvalue weighted by molar-refractivity contribution is 7.19. The van der Waals surface area contributed by atoms with Crippen LogP contribution in [-0.2, 0) is 4.79 Å². The average molecular weight is 494 g/mol. The van der Waals surface area contributed by atoms with Crippen molar-refractivity contribution in [1.29, 1.82) is 0 Å². The number of H-pyrrole nitrogens is 1. The van der Waals surface area contributed by atoms with Crippen molar-refractivity contribution < 1.29 is 4.79 Å². The van der Waals surface area contributed by atoms with Crippen LogP contribution in [0.4, 0.5) is 5.82 Å². The molecule has 0 saturated carbocycles. The molecule has 3 aromatic heterocycles. The minimum atomic E-state index is -0.156. The molecule has 1 fully saturated rings. The Hall–Kier alpha value is -3.11. The second-order valence-electron chi connectivity index (χ2n) is 8.41. The first-order valence-electron chi connectivity index (χ1n) is 10.9. The number of halogens is 1. The van der Waals surface area contributed by atoms with Crippen LogP contribution < -0.4 is 10.6 Å². The van der Waals surface area contributed by atoms with Gasteiger partial charge in [-0.15, -0.1) is 21.5 Å². The van der Waals surface area contributed by atoms with E-state index in [4.69, 9.17) is 11.6 Å². The van der Waals surface area contributed by atoms with Gasteiger partial charge in [-0.2, -0.15) is 0 Å². The Morgan fingerprint density at radius 3 is 2.71 bits per heavy atom. The fourth-order valence-electron chi connectivity index (χ4n) is 4.16. The summed E-state index contributed by atoms with van der Waals surface area (Å²) in [5.74, 6) is 1.08. The second kappa shape index (κ2) is 9.63. The van der Waals surface area contributed by atoms with E-state index >= 15 is 0 Å². The molecule has 0 aliphatic carbocycles. The lowest BCUT2D eigenvalue weighted by Crippen LogP contribution is -2.56. The van der Waals surface area contributed by atoms with Gasteiger partial charge in [-0.25, -0.2) is 4.98 Å². The van der Waals surface area contributed by atoms with Crippen LogP contribution in [0.3, 0.4) is 0 Å². The van der Waals surface area contributed by atoms with Crippen LogP contribution in [0.5, 0.6) is 0 Å². The van der Waals surface area contributed by atoms with Gasteiger partial charge in [0.15, 0.2) is 5.82 Å². The zero-order valence-corrected chi connectivity index (χ0v) is 20.3. The number of rotatable bonds is 7. The van der Waals surface area contributed by atoms with Crippen molar-refractivity contribution in [1.82, 2.24) is 30.4 Å². The highest BCUT2D eigenvalue weighted by atomic mass is 35.5. The van der Waals surface area contributed by atoms with Crippen molar-refractivity contribution in [2.45, 2.75) is 19.0 Å². The maximum atomic E-state index is 11.5. The second-order valence-corrected chi connectivity index (χ2v) is 9.90. The van der Waals surface area contributed by atoms with E-state index in [-0.39, 0.29) is 11.9 Å². The van der Waals surface area contributed by atoms with Crippen molar-refractivity contribution >= 4 is 34.7 Å². The van der Waals surface area contributed by atoms with Crippen molar-refractivity contribution in [3.05, 3.63) is 71.1 Å². The average Bonchev–Trinajstić information content (AvgIpc) is 3.46. The number of anilines is 1. The summed E-state index contributed by atoms with van der Waals surface area (Å²) in [6.07, 6.45) is 3.29. The quantitative estimate of drug-likeness (QED) is 0.357. The fourth-order valence-corrected chi connectivity index (χ4v) is 5.42. The minimum absolute atomic E-state index is 0.0577. The Bertz CT molecular complexity index is 1280. The maximum absolute atomic E-state index is 11.5. The number of carbonyl (C=O) groups is 1. The lowest BCUT2D eigenvalue weighted by Gasteiger charge is -2.39. The van der Waals surface area contributed by atoms with Crippen molar-refractivity contribution in [2.75, 3.05) is 25.5 Å². The van der Waals surface area contributed by atoms with Gasteiger partial charge < -0.3 is 20.5 Å². The molecule has 4 heterocycles. The number of aromatic amines is 1. The van der Waals surface area contributed by atoms with Gasteiger partial charge in [0.1, 0.15) is 12.1 Å². The van der Waals surface area contributed by atoms with E-state index in [1.165, 1.54) is 6.92 Å².